The number of ether oxygens (including phenoxy) is 2. The normalized spacial score (nSPS) is 11.6. The lowest BCUT2D eigenvalue weighted by molar-refractivity contribution is -0.155. The van der Waals surface area contributed by atoms with Crippen molar-refractivity contribution in [1.29, 1.82) is 0 Å². The Balaban J connectivity index is 3.09. The van der Waals surface area contributed by atoms with E-state index in [0.29, 0.717) is 10.7 Å². The zero-order chi connectivity index (χ0) is 23.7. The van der Waals surface area contributed by atoms with Gasteiger partial charge in [-0.3, -0.25) is 19.2 Å². The number of benzene rings is 1. The van der Waals surface area contributed by atoms with Gasteiger partial charge in [0.2, 0.25) is 0 Å². The Kier molecular flexibility index (Phi) is 12.5. The zero-order valence-electron chi connectivity index (χ0n) is 16.5. The van der Waals surface area contributed by atoms with Crippen LogP contribution in [0.1, 0.15) is 34.6 Å². The maximum atomic E-state index is 12.9. The first kappa shape index (κ1) is 28.2. The third kappa shape index (κ3) is 8.93. The molecule has 13 heteroatoms. The Morgan fingerprint density at radius 1 is 0.968 bits per heavy atom. The van der Waals surface area contributed by atoms with Crippen molar-refractivity contribution in [3.63, 3.8) is 0 Å². The standard InChI is InChI=1S/C18H21I3N2O8/c1-8(26)30-7-11(31-9(2)27)4-22-17(28)14-12(19)3-13(20)15(16(14)21)18(29)23-10(5-24)6-25/h3,10-11,24-25H,4-7H2,1-2H3,(H,22,28)(H,23,29). The summed E-state index contributed by atoms with van der Waals surface area (Å²) in [6, 6.07) is 0.823. The van der Waals surface area contributed by atoms with Crippen molar-refractivity contribution >= 4 is 91.5 Å². The number of carbonyl (C=O) groups excluding carboxylic acids is 4. The molecule has 1 atom stereocenters. The van der Waals surface area contributed by atoms with E-state index in [4.69, 9.17) is 9.47 Å². The van der Waals surface area contributed by atoms with E-state index in [0.717, 1.165) is 0 Å². The van der Waals surface area contributed by atoms with Gasteiger partial charge < -0.3 is 30.3 Å². The molecule has 172 valence electrons. The summed E-state index contributed by atoms with van der Waals surface area (Å²) in [7, 11) is 0. The quantitative estimate of drug-likeness (QED) is 0.202. The molecule has 2 amide bonds. The number of amides is 2. The van der Waals surface area contributed by atoms with Gasteiger partial charge in [0.1, 0.15) is 6.61 Å². The minimum atomic E-state index is -0.873. The number of rotatable bonds is 10. The molecule has 1 rings (SSSR count). The van der Waals surface area contributed by atoms with E-state index in [-0.39, 0.29) is 24.3 Å². The number of aliphatic hydroxyl groups is 2. The van der Waals surface area contributed by atoms with Gasteiger partial charge in [-0.2, -0.15) is 0 Å². The first-order valence-electron chi connectivity index (χ1n) is 8.80. The van der Waals surface area contributed by atoms with Gasteiger partial charge in [0.15, 0.2) is 6.10 Å². The van der Waals surface area contributed by atoms with E-state index < -0.39 is 49.1 Å². The molecule has 0 aliphatic carbocycles. The number of hydrogen-bond acceptors (Lipinski definition) is 8. The fourth-order valence-corrected chi connectivity index (χ4v) is 6.64. The van der Waals surface area contributed by atoms with E-state index in [1.54, 1.807) is 6.07 Å². The molecule has 0 bridgehead atoms. The average molecular weight is 774 g/mol. The lowest BCUT2D eigenvalue weighted by Crippen LogP contribution is -2.41. The van der Waals surface area contributed by atoms with E-state index >= 15 is 0 Å². The van der Waals surface area contributed by atoms with Gasteiger partial charge >= 0.3 is 11.9 Å². The van der Waals surface area contributed by atoms with Crippen LogP contribution >= 0.6 is 67.8 Å². The van der Waals surface area contributed by atoms with Crippen LogP contribution in [0.4, 0.5) is 0 Å². The maximum absolute atomic E-state index is 12.9. The topological polar surface area (TPSA) is 151 Å². The third-order valence-corrected chi connectivity index (χ3v) is 6.48. The van der Waals surface area contributed by atoms with E-state index in [9.17, 15) is 29.4 Å². The molecule has 1 aromatic rings. The summed E-state index contributed by atoms with van der Waals surface area (Å²) in [5.74, 6) is -2.20. The molecule has 0 fully saturated rings. The predicted octanol–water partition coefficient (Wildman–Crippen LogP) is 0.808. The van der Waals surface area contributed by atoms with Crippen LogP contribution in [0.25, 0.3) is 0 Å². The SMILES string of the molecule is CC(=O)OCC(CNC(=O)c1c(I)cc(I)c(C(=O)NC(CO)CO)c1I)OC(C)=O. The lowest BCUT2D eigenvalue weighted by Gasteiger charge is -2.19. The summed E-state index contributed by atoms with van der Waals surface area (Å²) >= 11 is 5.82. The van der Waals surface area contributed by atoms with Crippen molar-refractivity contribution in [3.8, 4) is 0 Å². The molecule has 1 unspecified atom stereocenters. The van der Waals surface area contributed by atoms with Crippen LogP contribution in [0.2, 0.25) is 0 Å². The second-order valence-electron chi connectivity index (χ2n) is 6.18. The van der Waals surface area contributed by atoms with Crippen molar-refractivity contribution in [2.45, 2.75) is 26.0 Å². The van der Waals surface area contributed by atoms with Crippen LogP contribution in [0.3, 0.4) is 0 Å². The van der Waals surface area contributed by atoms with Crippen molar-refractivity contribution in [1.82, 2.24) is 10.6 Å². The van der Waals surface area contributed by atoms with Gasteiger partial charge in [0.05, 0.1) is 36.9 Å². The Hall–Kier alpha value is -0.790. The number of nitrogens with one attached hydrogen (secondary N) is 2. The second-order valence-corrected chi connectivity index (χ2v) is 9.59. The number of carbonyl (C=O) groups is 4. The van der Waals surface area contributed by atoms with Gasteiger partial charge in [-0.05, 0) is 73.8 Å². The van der Waals surface area contributed by atoms with Crippen molar-refractivity contribution < 1.29 is 38.9 Å². The van der Waals surface area contributed by atoms with Crippen LogP contribution in [-0.4, -0.2) is 72.5 Å². The maximum Gasteiger partial charge on any atom is 0.303 e. The lowest BCUT2D eigenvalue weighted by atomic mass is 10.1. The van der Waals surface area contributed by atoms with E-state index in [2.05, 4.69) is 10.6 Å². The Morgan fingerprint density at radius 3 is 2.00 bits per heavy atom. The molecule has 1 aromatic carbocycles. The van der Waals surface area contributed by atoms with Crippen molar-refractivity contribution in [2.75, 3.05) is 26.4 Å². The minimum absolute atomic E-state index is 0.109. The van der Waals surface area contributed by atoms with Crippen LogP contribution < -0.4 is 10.6 Å². The third-order valence-electron chi connectivity index (χ3n) is 3.70. The van der Waals surface area contributed by atoms with Gasteiger partial charge in [-0.1, -0.05) is 0 Å². The van der Waals surface area contributed by atoms with Crippen LogP contribution in [0.5, 0.6) is 0 Å². The predicted molar refractivity (Wildman–Crippen MR) is 135 cm³/mol. The molecule has 0 radical (unpaired) electrons. The number of hydrogen-bond donors (Lipinski definition) is 4. The van der Waals surface area contributed by atoms with Crippen LogP contribution in [0.15, 0.2) is 6.07 Å². The molecule has 31 heavy (non-hydrogen) atoms. The van der Waals surface area contributed by atoms with Crippen molar-refractivity contribution in [2.24, 2.45) is 0 Å². The summed E-state index contributed by atoms with van der Waals surface area (Å²) in [5.41, 5.74) is 0.473. The molecule has 0 aliphatic heterocycles. The molecular weight excluding hydrogens is 753 g/mol. The monoisotopic (exact) mass is 774 g/mol. The summed E-state index contributed by atoms with van der Waals surface area (Å²) in [5, 5.41) is 23.5. The fraction of sp³-hybridized carbons (Fsp3) is 0.444. The first-order chi connectivity index (χ1) is 14.5. The van der Waals surface area contributed by atoms with Crippen LogP contribution in [0, 0.1) is 10.7 Å². The first-order valence-corrected chi connectivity index (χ1v) is 12.0. The van der Waals surface area contributed by atoms with E-state index in [1.807, 2.05) is 67.8 Å². The highest BCUT2D eigenvalue weighted by molar-refractivity contribution is 14.1. The molecule has 0 spiro atoms. The number of aliphatic hydroxyl groups excluding tert-OH is 2. The summed E-state index contributed by atoms with van der Waals surface area (Å²) in [6.07, 6.45) is -0.873. The summed E-state index contributed by atoms with van der Waals surface area (Å²) < 4.78 is 11.5. The van der Waals surface area contributed by atoms with Gasteiger partial charge in [0.25, 0.3) is 11.8 Å². The molecular formula is C18H21I3N2O8. The second kappa shape index (κ2) is 13.7. The highest BCUT2D eigenvalue weighted by Crippen LogP contribution is 2.28. The summed E-state index contributed by atoms with van der Waals surface area (Å²) in [4.78, 5) is 47.8. The smallest absolute Gasteiger partial charge is 0.303 e. The molecule has 4 N–H and O–H groups in total. The Bertz CT molecular complexity index is 846. The highest BCUT2D eigenvalue weighted by atomic mass is 127. The molecule has 0 aliphatic rings. The van der Waals surface area contributed by atoms with Gasteiger partial charge in [0, 0.05) is 24.6 Å². The minimum Gasteiger partial charge on any atom is -0.462 e. The molecule has 0 aromatic heterocycles. The van der Waals surface area contributed by atoms with Crippen molar-refractivity contribution in [3.05, 3.63) is 27.9 Å². The molecule has 10 nitrogen and oxygen atoms in total. The molecule has 0 saturated heterocycles. The largest absolute Gasteiger partial charge is 0.462 e. The van der Waals surface area contributed by atoms with Gasteiger partial charge in [-0.15, -0.1) is 0 Å². The van der Waals surface area contributed by atoms with E-state index in [1.165, 1.54) is 13.8 Å². The zero-order valence-corrected chi connectivity index (χ0v) is 23.0. The average Bonchev–Trinajstić information content (AvgIpc) is 2.67. The highest BCUT2D eigenvalue weighted by Gasteiger charge is 2.25. The number of halogens is 3. The molecule has 0 heterocycles. The van der Waals surface area contributed by atoms with Crippen LogP contribution in [-0.2, 0) is 19.1 Å². The molecule has 0 saturated carbocycles. The van der Waals surface area contributed by atoms with Gasteiger partial charge in [-0.25, -0.2) is 0 Å². The fourth-order valence-electron chi connectivity index (χ4n) is 2.29. The Labute approximate surface area is 219 Å². The Morgan fingerprint density at radius 2 is 1.52 bits per heavy atom. The summed E-state index contributed by atoms with van der Waals surface area (Å²) in [6.45, 7) is 1.21. The number of esters is 2.